The van der Waals surface area contributed by atoms with Gasteiger partial charge < -0.3 is 11.1 Å². The van der Waals surface area contributed by atoms with Crippen LogP contribution in [-0.4, -0.2) is 16.9 Å². The van der Waals surface area contributed by atoms with Gasteiger partial charge in [0, 0.05) is 12.2 Å². The number of nitrogens with zero attached hydrogens (tertiary/aromatic N) is 1. The molecule has 1 aromatic heterocycles. The van der Waals surface area contributed by atoms with Crippen molar-refractivity contribution in [3.8, 4) is 0 Å². The van der Waals surface area contributed by atoms with Crippen molar-refractivity contribution in [3.05, 3.63) is 23.9 Å². The van der Waals surface area contributed by atoms with Crippen LogP contribution in [-0.2, 0) is 0 Å². The number of nitrogen functional groups attached to an aromatic ring is 1. The van der Waals surface area contributed by atoms with Crippen molar-refractivity contribution in [2.24, 2.45) is 5.92 Å². The summed E-state index contributed by atoms with van der Waals surface area (Å²) in [7, 11) is 0. The summed E-state index contributed by atoms with van der Waals surface area (Å²) in [6, 6.07) is 3.67. The van der Waals surface area contributed by atoms with Crippen LogP contribution in [0, 0.1) is 5.92 Å². The summed E-state index contributed by atoms with van der Waals surface area (Å²) in [5, 5.41) is 3.15. The standard InChI is InChI=1S/C15H23N3O/c1-2-13(11-6-4-3-5-7-11)18-15(19)12-8-9-14(16)17-10-12/h8-11,13H,2-7H2,1H3,(H2,16,17)(H,18,19). The number of hydrogen-bond donors (Lipinski definition) is 2. The first-order chi connectivity index (χ1) is 9.20. The molecular weight excluding hydrogens is 238 g/mol. The Labute approximate surface area is 114 Å². The van der Waals surface area contributed by atoms with Crippen molar-refractivity contribution in [1.82, 2.24) is 10.3 Å². The van der Waals surface area contributed by atoms with Gasteiger partial charge >= 0.3 is 0 Å². The molecule has 1 atom stereocenters. The minimum atomic E-state index is -0.0371. The van der Waals surface area contributed by atoms with Crippen molar-refractivity contribution < 1.29 is 4.79 Å². The fourth-order valence-corrected chi connectivity index (χ4v) is 2.88. The summed E-state index contributed by atoms with van der Waals surface area (Å²) in [6.45, 7) is 2.14. The number of nitrogens with one attached hydrogen (secondary N) is 1. The van der Waals surface area contributed by atoms with E-state index in [1.807, 2.05) is 0 Å². The van der Waals surface area contributed by atoms with E-state index in [0.717, 1.165) is 6.42 Å². The lowest BCUT2D eigenvalue weighted by molar-refractivity contribution is 0.0911. The second kappa shape index (κ2) is 6.55. The molecule has 3 N–H and O–H groups in total. The minimum Gasteiger partial charge on any atom is -0.384 e. The largest absolute Gasteiger partial charge is 0.384 e. The molecule has 1 amide bonds. The van der Waals surface area contributed by atoms with Gasteiger partial charge in [-0.3, -0.25) is 4.79 Å². The highest BCUT2D eigenvalue weighted by Crippen LogP contribution is 2.27. The lowest BCUT2D eigenvalue weighted by Crippen LogP contribution is -2.40. The fourth-order valence-electron chi connectivity index (χ4n) is 2.88. The van der Waals surface area contributed by atoms with Gasteiger partial charge in [0.15, 0.2) is 0 Å². The van der Waals surface area contributed by atoms with E-state index in [9.17, 15) is 4.79 Å². The van der Waals surface area contributed by atoms with Gasteiger partial charge in [-0.25, -0.2) is 4.98 Å². The molecule has 0 bridgehead atoms. The van der Waals surface area contributed by atoms with Crippen LogP contribution in [0.2, 0.25) is 0 Å². The number of rotatable bonds is 4. The van der Waals surface area contributed by atoms with E-state index in [4.69, 9.17) is 5.73 Å². The first-order valence-corrected chi connectivity index (χ1v) is 7.23. The molecule has 0 spiro atoms. The van der Waals surface area contributed by atoms with Crippen molar-refractivity contribution in [1.29, 1.82) is 0 Å². The topological polar surface area (TPSA) is 68.0 Å². The first kappa shape index (κ1) is 13.8. The van der Waals surface area contributed by atoms with Crippen LogP contribution in [0.15, 0.2) is 18.3 Å². The summed E-state index contributed by atoms with van der Waals surface area (Å²) in [4.78, 5) is 16.1. The van der Waals surface area contributed by atoms with Crippen molar-refractivity contribution in [2.75, 3.05) is 5.73 Å². The zero-order valence-electron chi connectivity index (χ0n) is 11.6. The Morgan fingerprint density at radius 2 is 2.16 bits per heavy atom. The predicted octanol–water partition coefficient (Wildman–Crippen LogP) is 2.75. The number of amides is 1. The Kier molecular flexibility index (Phi) is 4.77. The van der Waals surface area contributed by atoms with E-state index >= 15 is 0 Å². The van der Waals surface area contributed by atoms with E-state index in [2.05, 4.69) is 17.2 Å². The zero-order valence-corrected chi connectivity index (χ0v) is 11.6. The van der Waals surface area contributed by atoms with Gasteiger partial charge in [0.2, 0.25) is 0 Å². The lowest BCUT2D eigenvalue weighted by Gasteiger charge is -2.30. The van der Waals surface area contributed by atoms with Gasteiger partial charge in [-0.05, 0) is 37.3 Å². The molecule has 1 fully saturated rings. The molecule has 1 aliphatic carbocycles. The third kappa shape index (κ3) is 3.69. The average Bonchev–Trinajstić information content (AvgIpc) is 2.46. The van der Waals surface area contributed by atoms with E-state index < -0.39 is 0 Å². The SMILES string of the molecule is CCC(NC(=O)c1ccc(N)nc1)C1CCCCC1. The Bertz CT molecular complexity index is 410. The van der Waals surface area contributed by atoms with Gasteiger partial charge in [0.25, 0.3) is 5.91 Å². The average molecular weight is 261 g/mol. The summed E-state index contributed by atoms with van der Waals surface area (Å²) >= 11 is 0. The Morgan fingerprint density at radius 3 is 2.74 bits per heavy atom. The number of carbonyl (C=O) groups is 1. The fraction of sp³-hybridized carbons (Fsp3) is 0.600. The van der Waals surface area contributed by atoms with Crippen LogP contribution in [0.3, 0.4) is 0 Å². The van der Waals surface area contributed by atoms with Gasteiger partial charge in [0.05, 0.1) is 5.56 Å². The minimum absolute atomic E-state index is 0.0371. The maximum atomic E-state index is 12.2. The second-order valence-electron chi connectivity index (χ2n) is 5.36. The molecule has 0 aliphatic heterocycles. The Balaban J connectivity index is 1.97. The van der Waals surface area contributed by atoms with Crippen molar-refractivity contribution in [3.63, 3.8) is 0 Å². The highest BCUT2D eigenvalue weighted by atomic mass is 16.1. The molecule has 4 heteroatoms. The van der Waals surface area contributed by atoms with Crippen LogP contribution in [0.4, 0.5) is 5.82 Å². The van der Waals surface area contributed by atoms with Crippen molar-refractivity contribution in [2.45, 2.75) is 51.5 Å². The molecule has 1 heterocycles. The zero-order chi connectivity index (χ0) is 13.7. The van der Waals surface area contributed by atoms with E-state index in [-0.39, 0.29) is 11.9 Å². The number of carbonyl (C=O) groups excluding carboxylic acids is 1. The maximum Gasteiger partial charge on any atom is 0.253 e. The van der Waals surface area contributed by atoms with Crippen molar-refractivity contribution >= 4 is 11.7 Å². The third-order valence-corrected chi connectivity index (χ3v) is 4.02. The molecule has 0 aromatic carbocycles. The van der Waals surface area contributed by atoms with Gasteiger partial charge in [-0.15, -0.1) is 0 Å². The molecule has 0 saturated heterocycles. The number of pyridine rings is 1. The molecule has 104 valence electrons. The van der Waals surface area contributed by atoms with Crippen LogP contribution in [0.5, 0.6) is 0 Å². The predicted molar refractivity (Wildman–Crippen MR) is 76.8 cm³/mol. The molecule has 4 nitrogen and oxygen atoms in total. The number of aromatic nitrogens is 1. The summed E-state index contributed by atoms with van der Waals surface area (Å²) < 4.78 is 0. The van der Waals surface area contributed by atoms with E-state index in [1.165, 1.54) is 38.3 Å². The van der Waals surface area contributed by atoms with Crippen LogP contribution in [0.25, 0.3) is 0 Å². The van der Waals surface area contributed by atoms with Gasteiger partial charge in [0.1, 0.15) is 5.82 Å². The highest BCUT2D eigenvalue weighted by molar-refractivity contribution is 5.94. The molecule has 1 saturated carbocycles. The smallest absolute Gasteiger partial charge is 0.253 e. The summed E-state index contributed by atoms with van der Waals surface area (Å²) in [5.74, 6) is 1.03. The quantitative estimate of drug-likeness (QED) is 0.875. The number of hydrogen-bond acceptors (Lipinski definition) is 3. The summed E-state index contributed by atoms with van der Waals surface area (Å²) in [6.07, 6.45) is 8.91. The third-order valence-electron chi connectivity index (χ3n) is 4.02. The van der Waals surface area contributed by atoms with Crippen LogP contribution < -0.4 is 11.1 Å². The van der Waals surface area contributed by atoms with Crippen LogP contribution >= 0.6 is 0 Å². The maximum absolute atomic E-state index is 12.2. The Morgan fingerprint density at radius 1 is 1.42 bits per heavy atom. The van der Waals surface area contributed by atoms with Gasteiger partial charge in [-0.1, -0.05) is 26.2 Å². The molecular formula is C15H23N3O. The first-order valence-electron chi connectivity index (χ1n) is 7.23. The van der Waals surface area contributed by atoms with Gasteiger partial charge in [-0.2, -0.15) is 0 Å². The number of anilines is 1. The highest BCUT2D eigenvalue weighted by Gasteiger charge is 2.24. The molecule has 19 heavy (non-hydrogen) atoms. The molecule has 0 radical (unpaired) electrons. The van der Waals surface area contributed by atoms with E-state index in [0.29, 0.717) is 17.3 Å². The number of nitrogens with two attached hydrogens (primary N) is 1. The van der Waals surface area contributed by atoms with Crippen LogP contribution in [0.1, 0.15) is 55.8 Å². The van der Waals surface area contributed by atoms with E-state index in [1.54, 1.807) is 12.1 Å². The molecule has 2 rings (SSSR count). The molecule has 1 aliphatic rings. The second-order valence-corrected chi connectivity index (χ2v) is 5.36. The molecule has 1 aromatic rings. The summed E-state index contributed by atoms with van der Waals surface area (Å²) in [5.41, 5.74) is 6.11. The lowest BCUT2D eigenvalue weighted by atomic mass is 9.83. The normalized spacial score (nSPS) is 17.9. The molecule has 1 unspecified atom stereocenters. The monoisotopic (exact) mass is 261 g/mol. The Hall–Kier alpha value is -1.58.